The minimum absolute atomic E-state index is 0.0226. The Hall–Kier alpha value is -3.19. The maximum atomic E-state index is 15.1. The number of halogens is 1. The number of amides is 2. The number of esters is 1. The molecule has 0 aromatic heterocycles. The predicted octanol–water partition coefficient (Wildman–Crippen LogP) is 4.11. The summed E-state index contributed by atoms with van der Waals surface area (Å²) in [6, 6.07) is 14.1. The third kappa shape index (κ3) is 3.91. The largest absolute Gasteiger partial charge is 0.466 e. The van der Waals surface area contributed by atoms with Crippen LogP contribution in [0.5, 0.6) is 0 Å². The van der Waals surface area contributed by atoms with Crippen molar-refractivity contribution in [1.29, 1.82) is 0 Å². The molecule has 2 aromatic rings. The standard InChI is InChI=1S/C26H27FN2O4/c1-32-25(30)24-21(18-7-9-20(22(27)15-18)17-5-3-2-4-6-17)16-19-8-10-23(24)29(19)26(31)28-11-13-33-14-12-28/h2-7,9,15,19,23H,8,10-14,16H2,1H3/t19-,23+/m0/s1. The fraction of sp³-hybridized carbons (Fsp3) is 0.385. The molecule has 0 saturated carbocycles. The van der Waals surface area contributed by atoms with Crippen LogP contribution in [0.1, 0.15) is 24.8 Å². The van der Waals surface area contributed by atoms with Crippen molar-refractivity contribution in [3.8, 4) is 11.1 Å². The Morgan fingerprint density at radius 2 is 1.79 bits per heavy atom. The van der Waals surface area contributed by atoms with Gasteiger partial charge in [0.2, 0.25) is 0 Å². The first-order chi connectivity index (χ1) is 16.1. The Labute approximate surface area is 192 Å². The molecule has 2 atom stereocenters. The molecular formula is C26H27FN2O4. The number of fused-ring (bicyclic) bond motifs is 2. The molecular weight excluding hydrogens is 423 g/mol. The Morgan fingerprint density at radius 1 is 1.03 bits per heavy atom. The Morgan fingerprint density at radius 3 is 2.48 bits per heavy atom. The molecule has 3 aliphatic heterocycles. The first kappa shape index (κ1) is 21.6. The van der Waals surface area contributed by atoms with E-state index in [0.717, 1.165) is 17.6 Å². The summed E-state index contributed by atoms with van der Waals surface area (Å²) in [6.45, 7) is 2.13. The van der Waals surface area contributed by atoms with E-state index in [4.69, 9.17) is 9.47 Å². The van der Waals surface area contributed by atoms with Gasteiger partial charge in [0.1, 0.15) is 5.82 Å². The van der Waals surface area contributed by atoms with Crippen molar-refractivity contribution in [2.45, 2.75) is 31.3 Å². The van der Waals surface area contributed by atoms with E-state index in [1.54, 1.807) is 11.0 Å². The molecule has 0 unspecified atom stereocenters. The highest BCUT2D eigenvalue weighted by Gasteiger charge is 2.47. The minimum atomic E-state index is -0.456. The summed E-state index contributed by atoms with van der Waals surface area (Å²) >= 11 is 0. The molecule has 172 valence electrons. The summed E-state index contributed by atoms with van der Waals surface area (Å²) in [5, 5.41) is 0. The molecule has 2 saturated heterocycles. The second-order valence-corrected chi connectivity index (χ2v) is 8.68. The Kier molecular flexibility index (Phi) is 5.89. The molecule has 0 N–H and O–H groups in total. The topological polar surface area (TPSA) is 59.1 Å². The molecule has 33 heavy (non-hydrogen) atoms. The zero-order valence-corrected chi connectivity index (χ0v) is 18.6. The Balaban J connectivity index is 1.52. The summed E-state index contributed by atoms with van der Waals surface area (Å²) in [4.78, 5) is 29.9. The number of ether oxygens (including phenoxy) is 2. The van der Waals surface area contributed by atoms with Crippen LogP contribution in [0.2, 0.25) is 0 Å². The smallest absolute Gasteiger partial charge is 0.336 e. The van der Waals surface area contributed by atoms with E-state index in [1.807, 2.05) is 41.3 Å². The zero-order chi connectivity index (χ0) is 22.9. The maximum absolute atomic E-state index is 15.1. The lowest BCUT2D eigenvalue weighted by Gasteiger charge is -2.41. The van der Waals surface area contributed by atoms with E-state index < -0.39 is 5.97 Å². The van der Waals surface area contributed by atoms with Crippen molar-refractivity contribution in [1.82, 2.24) is 9.80 Å². The summed E-state index contributed by atoms with van der Waals surface area (Å²) in [7, 11) is 1.35. The van der Waals surface area contributed by atoms with Crippen molar-refractivity contribution >= 4 is 17.6 Å². The molecule has 6 nitrogen and oxygen atoms in total. The highest BCUT2D eigenvalue weighted by molar-refractivity contribution is 6.01. The van der Waals surface area contributed by atoms with Gasteiger partial charge in [0.15, 0.2) is 0 Å². The van der Waals surface area contributed by atoms with E-state index in [-0.39, 0.29) is 23.9 Å². The van der Waals surface area contributed by atoms with Gasteiger partial charge in [-0.05, 0) is 42.0 Å². The van der Waals surface area contributed by atoms with Crippen LogP contribution in [0.15, 0.2) is 54.1 Å². The van der Waals surface area contributed by atoms with Gasteiger partial charge in [0.25, 0.3) is 0 Å². The second kappa shape index (κ2) is 8.98. The predicted molar refractivity (Wildman–Crippen MR) is 122 cm³/mol. The fourth-order valence-electron chi connectivity index (χ4n) is 5.32. The lowest BCUT2D eigenvalue weighted by molar-refractivity contribution is -0.136. The van der Waals surface area contributed by atoms with Gasteiger partial charge in [-0.15, -0.1) is 0 Å². The maximum Gasteiger partial charge on any atom is 0.336 e. The normalized spacial score (nSPS) is 22.5. The average Bonchev–Trinajstić information content (AvgIpc) is 3.17. The van der Waals surface area contributed by atoms with Crippen molar-refractivity contribution in [3.63, 3.8) is 0 Å². The average molecular weight is 451 g/mol. The van der Waals surface area contributed by atoms with Crippen molar-refractivity contribution < 1.29 is 23.5 Å². The molecule has 2 fully saturated rings. The molecule has 2 bridgehead atoms. The number of hydrogen-bond donors (Lipinski definition) is 0. The molecule has 3 aliphatic rings. The van der Waals surface area contributed by atoms with Gasteiger partial charge in [0, 0.05) is 24.7 Å². The van der Waals surface area contributed by atoms with Crippen LogP contribution >= 0.6 is 0 Å². The number of carbonyl (C=O) groups excluding carboxylic acids is 2. The molecule has 2 amide bonds. The van der Waals surface area contributed by atoms with Crippen LogP contribution in [0.25, 0.3) is 16.7 Å². The first-order valence-corrected chi connectivity index (χ1v) is 11.4. The molecule has 5 rings (SSSR count). The van der Waals surface area contributed by atoms with Gasteiger partial charge in [-0.1, -0.05) is 42.5 Å². The highest BCUT2D eigenvalue weighted by atomic mass is 19.1. The molecule has 2 aromatic carbocycles. The van der Waals surface area contributed by atoms with Crippen LogP contribution in [-0.2, 0) is 14.3 Å². The number of carbonyl (C=O) groups is 2. The summed E-state index contributed by atoms with van der Waals surface area (Å²) in [5.74, 6) is -0.794. The third-order valence-electron chi connectivity index (χ3n) is 6.91. The van der Waals surface area contributed by atoms with Crippen LogP contribution in [-0.4, -0.2) is 67.3 Å². The van der Waals surface area contributed by atoms with Crippen LogP contribution in [0.4, 0.5) is 9.18 Å². The lowest BCUT2D eigenvalue weighted by atomic mass is 9.87. The van der Waals surface area contributed by atoms with Gasteiger partial charge in [-0.3, -0.25) is 0 Å². The SMILES string of the molecule is COC(=O)C1=C(c2ccc(-c3ccccc3)c(F)c2)C[C@@H]2CC[C@H]1N2C(=O)N1CCOCC1. The van der Waals surface area contributed by atoms with Gasteiger partial charge in [-0.2, -0.15) is 0 Å². The van der Waals surface area contributed by atoms with E-state index in [0.29, 0.717) is 55.8 Å². The van der Waals surface area contributed by atoms with E-state index in [2.05, 4.69) is 0 Å². The number of methoxy groups -OCH3 is 1. The molecule has 0 spiro atoms. The van der Waals surface area contributed by atoms with E-state index in [1.165, 1.54) is 13.2 Å². The van der Waals surface area contributed by atoms with Crippen molar-refractivity contribution in [2.75, 3.05) is 33.4 Å². The quantitative estimate of drug-likeness (QED) is 0.661. The number of rotatable bonds is 3. The molecule has 0 radical (unpaired) electrons. The lowest BCUT2D eigenvalue weighted by Crippen LogP contribution is -2.54. The number of morpholine rings is 1. The summed E-state index contributed by atoms with van der Waals surface area (Å²) in [6.07, 6.45) is 2.00. The van der Waals surface area contributed by atoms with Gasteiger partial charge in [0.05, 0.1) is 31.9 Å². The molecule has 7 heteroatoms. The van der Waals surface area contributed by atoms with Crippen molar-refractivity contribution in [3.05, 3.63) is 65.5 Å². The van der Waals surface area contributed by atoms with Crippen LogP contribution < -0.4 is 0 Å². The molecule has 0 aliphatic carbocycles. The fourth-order valence-corrected chi connectivity index (χ4v) is 5.32. The zero-order valence-electron chi connectivity index (χ0n) is 18.6. The van der Waals surface area contributed by atoms with Crippen molar-refractivity contribution in [2.24, 2.45) is 0 Å². The van der Waals surface area contributed by atoms with E-state index in [9.17, 15) is 9.59 Å². The van der Waals surface area contributed by atoms with Gasteiger partial charge < -0.3 is 19.3 Å². The highest BCUT2D eigenvalue weighted by Crippen LogP contribution is 2.44. The van der Waals surface area contributed by atoms with Gasteiger partial charge in [-0.25, -0.2) is 14.0 Å². The summed E-state index contributed by atoms with van der Waals surface area (Å²) < 4.78 is 25.6. The second-order valence-electron chi connectivity index (χ2n) is 8.68. The van der Waals surface area contributed by atoms with E-state index >= 15 is 4.39 Å². The third-order valence-corrected chi connectivity index (χ3v) is 6.91. The number of urea groups is 1. The minimum Gasteiger partial charge on any atom is -0.466 e. The first-order valence-electron chi connectivity index (χ1n) is 11.4. The van der Waals surface area contributed by atoms with Crippen LogP contribution in [0, 0.1) is 5.82 Å². The monoisotopic (exact) mass is 450 g/mol. The number of benzene rings is 2. The number of hydrogen-bond acceptors (Lipinski definition) is 4. The number of nitrogens with zero attached hydrogens (tertiary/aromatic N) is 2. The van der Waals surface area contributed by atoms with Gasteiger partial charge >= 0.3 is 12.0 Å². The van der Waals surface area contributed by atoms with Crippen LogP contribution in [0.3, 0.4) is 0 Å². The Bertz CT molecular complexity index is 1090. The molecule has 3 heterocycles. The summed E-state index contributed by atoms with van der Waals surface area (Å²) in [5.41, 5.74) is 3.23.